The summed E-state index contributed by atoms with van der Waals surface area (Å²) in [5.41, 5.74) is 2.53. The third-order valence-electron chi connectivity index (χ3n) is 5.41. The zero-order valence-electron chi connectivity index (χ0n) is 16.7. The second-order valence-corrected chi connectivity index (χ2v) is 8.03. The highest BCUT2D eigenvalue weighted by Crippen LogP contribution is 2.39. The van der Waals surface area contributed by atoms with Gasteiger partial charge >= 0.3 is 0 Å². The van der Waals surface area contributed by atoms with Gasteiger partial charge in [0.15, 0.2) is 5.75 Å². The molecule has 2 aliphatic heterocycles. The Balaban J connectivity index is 1.76. The molecule has 0 atom stereocenters. The molecule has 5 nitrogen and oxygen atoms in total. The third kappa shape index (κ3) is 3.75. The summed E-state index contributed by atoms with van der Waals surface area (Å²) in [5, 5.41) is 3.00. The van der Waals surface area contributed by atoms with Gasteiger partial charge in [0.2, 0.25) is 5.91 Å². The van der Waals surface area contributed by atoms with E-state index >= 15 is 0 Å². The van der Waals surface area contributed by atoms with Crippen molar-refractivity contribution < 1.29 is 9.53 Å². The number of amides is 1. The first-order valence-corrected chi connectivity index (χ1v) is 10.1. The van der Waals surface area contributed by atoms with Gasteiger partial charge in [-0.15, -0.1) is 0 Å². The van der Waals surface area contributed by atoms with Gasteiger partial charge in [-0.2, -0.15) is 0 Å². The van der Waals surface area contributed by atoms with Gasteiger partial charge in [-0.25, -0.2) is 4.99 Å². The number of piperidine rings is 1. The maximum absolute atomic E-state index is 12.2. The van der Waals surface area contributed by atoms with Crippen molar-refractivity contribution >= 4 is 23.1 Å². The van der Waals surface area contributed by atoms with Crippen molar-refractivity contribution in [3.63, 3.8) is 0 Å². The zero-order valence-corrected chi connectivity index (χ0v) is 16.7. The molecule has 4 rings (SSSR count). The fourth-order valence-electron chi connectivity index (χ4n) is 3.55. The van der Waals surface area contributed by atoms with Crippen LogP contribution in [0.15, 0.2) is 47.5 Å². The number of fused-ring (bicyclic) bond motifs is 2. The lowest BCUT2D eigenvalue weighted by molar-refractivity contribution is -0.118. The fraction of sp³-hybridized carbons (Fsp3) is 0.391. The monoisotopic (exact) mass is 377 g/mol. The smallest absolute Gasteiger partial charge is 0.226 e. The molecule has 0 saturated carbocycles. The highest BCUT2D eigenvalue weighted by Gasteiger charge is 2.26. The zero-order chi connectivity index (χ0) is 19.7. The average Bonchev–Trinajstić information content (AvgIpc) is 2.85. The highest BCUT2D eigenvalue weighted by atomic mass is 16.5. The second-order valence-electron chi connectivity index (χ2n) is 8.03. The number of hydrogen-bond donors (Lipinski definition) is 1. The van der Waals surface area contributed by atoms with Gasteiger partial charge in [0, 0.05) is 24.7 Å². The number of para-hydroxylation sites is 2. The topological polar surface area (TPSA) is 53.9 Å². The molecule has 2 aromatic carbocycles. The van der Waals surface area contributed by atoms with Crippen molar-refractivity contribution in [2.75, 3.05) is 18.4 Å². The van der Waals surface area contributed by atoms with Crippen LogP contribution in [0.3, 0.4) is 0 Å². The van der Waals surface area contributed by atoms with Crippen molar-refractivity contribution in [1.82, 2.24) is 4.90 Å². The Kier molecular flexibility index (Phi) is 5.07. The van der Waals surface area contributed by atoms with E-state index in [1.54, 1.807) is 0 Å². The van der Waals surface area contributed by atoms with Crippen LogP contribution in [-0.4, -0.2) is 29.7 Å². The Bertz CT molecular complexity index is 912. The molecule has 1 fully saturated rings. The first-order valence-electron chi connectivity index (χ1n) is 10.1. The maximum Gasteiger partial charge on any atom is 0.226 e. The molecule has 0 bridgehead atoms. The fourth-order valence-corrected chi connectivity index (χ4v) is 3.55. The van der Waals surface area contributed by atoms with Gasteiger partial charge in [-0.1, -0.05) is 32.9 Å². The van der Waals surface area contributed by atoms with Gasteiger partial charge in [0.1, 0.15) is 17.3 Å². The molecule has 2 heterocycles. The van der Waals surface area contributed by atoms with Gasteiger partial charge in [-0.05, 0) is 49.1 Å². The number of carbonyl (C=O) groups is 1. The van der Waals surface area contributed by atoms with E-state index in [9.17, 15) is 4.79 Å². The van der Waals surface area contributed by atoms with Gasteiger partial charge in [0.25, 0.3) is 0 Å². The Morgan fingerprint density at radius 2 is 1.89 bits per heavy atom. The highest BCUT2D eigenvalue weighted by molar-refractivity contribution is 6.05. The van der Waals surface area contributed by atoms with E-state index in [1.807, 2.05) is 56.3 Å². The van der Waals surface area contributed by atoms with Crippen molar-refractivity contribution in [2.45, 2.75) is 33.6 Å². The average molecular weight is 377 g/mol. The minimum absolute atomic E-state index is 0.00284. The lowest BCUT2D eigenvalue weighted by Gasteiger charge is -2.33. The lowest BCUT2D eigenvalue weighted by atomic mass is 9.98. The summed E-state index contributed by atoms with van der Waals surface area (Å²) >= 11 is 0. The van der Waals surface area contributed by atoms with E-state index in [2.05, 4.69) is 17.1 Å². The summed E-state index contributed by atoms with van der Waals surface area (Å²) in [6, 6.07) is 13.7. The van der Waals surface area contributed by atoms with Crippen molar-refractivity contribution in [3.05, 3.63) is 48.0 Å². The van der Waals surface area contributed by atoms with Crippen LogP contribution in [0.25, 0.3) is 0 Å². The number of amidine groups is 1. The summed E-state index contributed by atoms with van der Waals surface area (Å²) in [6.07, 6.45) is 2.31. The normalized spacial score (nSPS) is 16.6. The molecule has 0 unspecified atom stereocenters. The van der Waals surface area contributed by atoms with E-state index < -0.39 is 0 Å². The van der Waals surface area contributed by atoms with Gasteiger partial charge < -0.3 is 15.0 Å². The molecule has 2 aromatic rings. The lowest BCUT2D eigenvalue weighted by Crippen LogP contribution is -2.38. The molecular formula is C23H27N3O2. The number of likely N-dealkylation sites (tertiary alicyclic amines) is 1. The molecule has 0 aromatic heterocycles. The van der Waals surface area contributed by atoms with Crippen LogP contribution < -0.4 is 10.1 Å². The largest absolute Gasteiger partial charge is 0.454 e. The number of rotatable bonds is 2. The minimum Gasteiger partial charge on any atom is -0.454 e. The number of nitrogens with one attached hydrogen (secondary N) is 1. The molecule has 28 heavy (non-hydrogen) atoms. The van der Waals surface area contributed by atoms with Crippen LogP contribution in [0.4, 0.5) is 11.4 Å². The number of carbonyl (C=O) groups excluding carboxylic acids is 1. The van der Waals surface area contributed by atoms with Crippen LogP contribution in [-0.2, 0) is 4.79 Å². The molecule has 5 heteroatoms. The summed E-state index contributed by atoms with van der Waals surface area (Å²) < 4.78 is 6.20. The molecule has 1 saturated heterocycles. The summed E-state index contributed by atoms with van der Waals surface area (Å²) in [7, 11) is 0. The summed E-state index contributed by atoms with van der Waals surface area (Å²) in [6.45, 7) is 8.03. The standard InChI is InChI=1S/C23H27N3O2/c1-15(2)23(27)24-17-8-9-20-18(14-17)22(26-12-10-16(3)11-13-26)25-19-6-4-5-7-21(19)28-20/h4-9,14-16H,10-13H2,1-3H3,(H,24,27). The number of nitrogens with zero attached hydrogens (tertiary/aromatic N) is 2. The molecule has 0 radical (unpaired) electrons. The molecule has 0 aliphatic carbocycles. The van der Waals surface area contributed by atoms with Crippen molar-refractivity contribution in [2.24, 2.45) is 16.8 Å². The van der Waals surface area contributed by atoms with E-state index in [-0.39, 0.29) is 11.8 Å². The number of hydrogen-bond acceptors (Lipinski definition) is 4. The van der Waals surface area contributed by atoms with Crippen LogP contribution in [0.5, 0.6) is 11.5 Å². The predicted octanol–water partition coefficient (Wildman–Crippen LogP) is 5.20. The first kappa shape index (κ1) is 18.5. The molecule has 0 spiro atoms. The van der Waals surface area contributed by atoms with Gasteiger partial charge in [-0.3, -0.25) is 4.79 Å². The van der Waals surface area contributed by atoms with E-state index in [0.29, 0.717) is 0 Å². The summed E-state index contributed by atoms with van der Waals surface area (Å²) in [4.78, 5) is 19.5. The molecule has 146 valence electrons. The van der Waals surface area contributed by atoms with E-state index in [0.717, 1.165) is 66.1 Å². The molecule has 2 aliphatic rings. The van der Waals surface area contributed by atoms with Crippen LogP contribution in [0.2, 0.25) is 0 Å². The number of anilines is 1. The Hall–Kier alpha value is -2.82. The quantitative estimate of drug-likeness (QED) is 0.783. The van der Waals surface area contributed by atoms with Crippen molar-refractivity contribution in [3.8, 4) is 11.5 Å². The second kappa shape index (κ2) is 7.66. The van der Waals surface area contributed by atoms with Gasteiger partial charge in [0.05, 0.1) is 5.56 Å². The van der Waals surface area contributed by atoms with Crippen molar-refractivity contribution in [1.29, 1.82) is 0 Å². The van der Waals surface area contributed by atoms with Crippen LogP contribution in [0, 0.1) is 11.8 Å². The minimum atomic E-state index is -0.0731. The SMILES string of the molecule is CC1CCN(C2=Nc3ccccc3Oc3ccc(NC(=O)C(C)C)cc32)CC1. The molecule has 1 amide bonds. The number of benzene rings is 2. The molecular weight excluding hydrogens is 350 g/mol. The Morgan fingerprint density at radius 1 is 1.14 bits per heavy atom. The maximum atomic E-state index is 12.2. The first-order chi connectivity index (χ1) is 13.5. The molecule has 1 N–H and O–H groups in total. The van der Waals surface area contributed by atoms with E-state index in [1.165, 1.54) is 0 Å². The Labute approximate surface area is 166 Å². The predicted molar refractivity (Wildman–Crippen MR) is 113 cm³/mol. The third-order valence-corrected chi connectivity index (χ3v) is 5.41. The number of aliphatic imine (C=N–C) groups is 1. The Morgan fingerprint density at radius 3 is 2.64 bits per heavy atom. The van der Waals surface area contributed by atoms with Crippen LogP contribution in [0.1, 0.15) is 39.2 Å². The number of ether oxygens (including phenoxy) is 1. The van der Waals surface area contributed by atoms with Crippen LogP contribution >= 0.6 is 0 Å². The summed E-state index contributed by atoms with van der Waals surface area (Å²) in [5.74, 6) is 3.11. The van der Waals surface area contributed by atoms with E-state index in [4.69, 9.17) is 9.73 Å².